The van der Waals surface area contributed by atoms with E-state index in [1.807, 2.05) is 6.07 Å². The van der Waals surface area contributed by atoms with Crippen LogP contribution < -0.4 is 5.32 Å². The average molecular weight is 315 g/mol. The van der Waals surface area contributed by atoms with Gasteiger partial charge in [0.05, 0.1) is 9.98 Å². The van der Waals surface area contributed by atoms with Gasteiger partial charge in [-0.05, 0) is 41.5 Å². The number of hydrogen-bond donors (Lipinski definition) is 1. The molecular formula is C12H15BrN2OS. The number of nitrogens with one attached hydrogen (secondary N) is 1. The van der Waals surface area contributed by atoms with Gasteiger partial charge in [-0.2, -0.15) is 0 Å². The van der Waals surface area contributed by atoms with Crippen LogP contribution in [0.5, 0.6) is 0 Å². The third-order valence-electron chi connectivity index (χ3n) is 2.40. The molecule has 0 atom stereocenters. The fourth-order valence-electron chi connectivity index (χ4n) is 1.54. The molecule has 2 aromatic rings. The molecule has 92 valence electrons. The Bertz CT molecular complexity index is 467. The molecule has 0 unspecified atom stereocenters. The molecule has 0 spiro atoms. The molecule has 0 radical (unpaired) electrons. The number of aryl methyl sites for hydroxylation is 1. The molecule has 0 aromatic carbocycles. The molecule has 0 saturated carbocycles. The molecule has 2 heterocycles. The van der Waals surface area contributed by atoms with Crippen LogP contribution in [0.25, 0.3) is 11.3 Å². The van der Waals surface area contributed by atoms with Gasteiger partial charge in [-0.15, -0.1) is 11.3 Å². The maximum Gasteiger partial charge on any atom is 0.194 e. The number of hydrogen-bond acceptors (Lipinski definition) is 4. The maximum atomic E-state index is 5.71. The van der Waals surface area contributed by atoms with Crippen LogP contribution in [0.3, 0.4) is 0 Å². The van der Waals surface area contributed by atoms with Crippen molar-refractivity contribution in [3.63, 3.8) is 0 Å². The number of rotatable bonds is 6. The van der Waals surface area contributed by atoms with E-state index in [1.165, 1.54) is 0 Å². The lowest BCUT2D eigenvalue weighted by Gasteiger charge is -1.98. The van der Waals surface area contributed by atoms with E-state index in [9.17, 15) is 0 Å². The van der Waals surface area contributed by atoms with Crippen molar-refractivity contribution >= 4 is 27.3 Å². The molecule has 17 heavy (non-hydrogen) atoms. The Balaban J connectivity index is 1.92. The zero-order chi connectivity index (χ0) is 12.1. The van der Waals surface area contributed by atoms with Gasteiger partial charge in [-0.3, -0.25) is 0 Å². The number of nitrogens with zero attached hydrogens (tertiary/aromatic N) is 1. The minimum Gasteiger partial charge on any atom is -0.441 e. The second kappa shape index (κ2) is 6.33. The van der Waals surface area contributed by atoms with Gasteiger partial charge in [0, 0.05) is 17.4 Å². The van der Waals surface area contributed by atoms with Crippen LogP contribution in [0.1, 0.15) is 19.2 Å². The fourth-order valence-corrected chi connectivity index (χ4v) is 2.69. The summed E-state index contributed by atoms with van der Waals surface area (Å²) in [5, 5.41) is 5.35. The van der Waals surface area contributed by atoms with Crippen LogP contribution in [-0.2, 0) is 6.42 Å². The Hall–Kier alpha value is -0.650. The summed E-state index contributed by atoms with van der Waals surface area (Å²) in [7, 11) is 0. The molecule has 0 amide bonds. The molecule has 0 bridgehead atoms. The highest BCUT2D eigenvalue weighted by molar-refractivity contribution is 9.11. The van der Waals surface area contributed by atoms with Crippen molar-refractivity contribution in [1.82, 2.24) is 10.3 Å². The van der Waals surface area contributed by atoms with Crippen LogP contribution in [0.4, 0.5) is 0 Å². The van der Waals surface area contributed by atoms with E-state index in [2.05, 4.69) is 38.5 Å². The minimum absolute atomic E-state index is 0.820. The lowest BCUT2D eigenvalue weighted by atomic mass is 10.3. The van der Waals surface area contributed by atoms with Crippen molar-refractivity contribution in [1.29, 1.82) is 0 Å². The van der Waals surface area contributed by atoms with Crippen LogP contribution in [-0.4, -0.2) is 18.1 Å². The maximum absolute atomic E-state index is 5.71. The first-order valence-corrected chi connectivity index (χ1v) is 7.36. The predicted octanol–water partition coefficient (Wildman–Crippen LogP) is 3.71. The summed E-state index contributed by atoms with van der Waals surface area (Å²) in [6.07, 6.45) is 3.75. The van der Waals surface area contributed by atoms with E-state index in [4.69, 9.17) is 4.42 Å². The van der Waals surface area contributed by atoms with Gasteiger partial charge in [0.1, 0.15) is 0 Å². The Morgan fingerprint density at radius 3 is 3.12 bits per heavy atom. The van der Waals surface area contributed by atoms with Crippen molar-refractivity contribution in [2.75, 3.05) is 13.1 Å². The van der Waals surface area contributed by atoms with Gasteiger partial charge in [-0.1, -0.05) is 6.92 Å². The van der Waals surface area contributed by atoms with Crippen LogP contribution >= 0.6 is 27.3 Å². The van der Waals surface area contributed by atoms with Gasteiger partial charge >= 0.3 is 0 Å². The third kappa shape index (κ3) is 3.66. The summed E-state index contributed by atoms with van der Waals surface area (Å²) < 4.78 is 6.82. The molecule has 1 N–H and O–H groups in total. The van der Waals surface area contributed by atoms with Crippen molar-refractivity contribution in [2.24, 2.45) is 0 Å². The Morgan fingerprint density at radius 1 is 1.53 bits per heavy atom. The molecule has 0 aliphatic carbocycles. The topological polar surface area (TPSA) is 38.1 Å². The molecule has 0 aliphatic rings. The number of aromatic nitrogens is 1. The molecule has 2 aromatic heterocycles. The summed E-state index contributed by atoms with van der Waals surface area (Å²) in [4.78, 5) is 4.29. The largest absolute Gasteiger partial charge is 0.441 e. The zero-order valence-corrected chi connectivity index (χ0v) is 12.1. The van der Waals surface area contributed by atoms with E-state index < -0.39 is 0 Å². The first-order valence-electron chi connectivity index (χ1n) is 5.69. The van der Waals surface area contributed by atoms with Crippen LogP contribution in [0.15, 0.2) is 25.8 Å². The second-order valence-electron chi connectivity index (χ2n) is 3.71. The molecule has 3 nitrogen and oxygen atoms in total. The highest BCUT2D eigenvalue weighted by atomic mass is 79.9. The van der Waals surface area contributed by atoms with Crippen LogP contribution in [0, 0.1) is 0 Å². The lowest BCUT2D eigenvalue weighted by molar-refractivity contribution is 0.493. The van der Waals surface area contributed by atoms with Crippen molar-refractivity contribution in [3.8, 4) is 11.3 Å². The SMILES string of the molecule is CCNCCCc1ncc(-c2csc(Br)c2)o1. The second-order valence-corrected chi connectivity index (χ2v) is 6.01. The van der Waals surface area contributed by atoms with Gasteiger partial charge in [0.25, 0.3) is 0 Å². The molecule has 0 saturated heterocycles. The third-order valence-corrected chi connectivity index (χ3v) is 3.90. The number of halogens is 1. The summed E-state index contributed by atoms with van der Waals surface area (Å²) in [6, 6.07) is 2.05. The number of oxazole rings is 1. The van der Waals surface area contributed by atoms with Gasteiger partial charge in [0.2, 0.25) is 0 Å². The normalized spacial score (nSPS) is 10.9. The quantitative estimate of drug-likeness (QED) is 0.826. The van der Waals surface area contributed by atoms with Gasteiger partial charge in [0.15, 0.2) is 11.7 Å². The molecular weight excluding hydrogens is 300 g/mol. The van der Waals surface area contributed by atoms with Crippen LogP contribution in [0.2, 0.25) is 0 Å². The fraction of sp³-hybridized carbons (Fsp3) is 0.417. The molecule has 0 fully saturated rings. The highest BCUT2D eigenvalue weighted by Crippen LogP contribution is 2.29. The van der Waals surface area contributed by atoms with Crippen molar-refractivity contribution in [3.05, 3.63) is 27.3 Å². The first-order chi connectivity index (χ1) is 8.29. The minimum atomic E-state index is 0.820. The van der Waals surface area contributed by atoms with E-state index in [0.29, 0.717) is 0 Å². The van der Waals surface area contributed by atoms with Crippen molar-refractivity contribution in [2.45, 2.75) is 19.8 Å². The van der Waals surface area contributed by atoms with E-state index in [1.54, 1.807) is 17.5 Å². The van der Waals surface area contributed by atoms with Gasteiger partial charge in [-0.25, -0.2) is 4.98 Å². The predicted molar refractivity (Wildman–Crippen MR) is 74.4 cm³/mol. The van der Waals surface area contributed by atoms with E-state index >= 15 is 0 Å². The number of thiophene rings is 1. The Labute approximate surface area is 113 Å². The highest BCUT2D eigenvalue weighted by Gasteiger charge is 2.07. The smallest absolute Gasteiger partial charge is 0.194 e. The molecule has 2 rings (SSSR count). The first kappa shape index (κ1) is 12.8. The van der Waals surface area contributed by atoms with Gasteiger partial charge < -0.3 is 9.73 Å². The molecule has 0 aliphatic heterocycles. The standard InChI is InChI=1S/C12H15BrN2OS/c1-2-14-5-3-4-12-15-7-10(16-12)9-6-11(13)17-8-9/h6-8,14H,2-5H2,1H3. The van der Waals surface area contributed by atoms with Crippen molar-refractivity contribution < 1.29 is 4.42 Å². The van der Waals surface area contributed by atoms with E-state index in [-0.39, 0.29) is 0 Å². The monoisotopic (exact) mass is 314 g/mol. The summed E-state index contributed by atoms with van der Waals surface area (Å²) in [6.45, 7) is 4.13. The Kier molecular flexibility index (Phi) is 4.76. The van der Waals surface area contributed by atoms with E-state index in [0.717, 1.165) is 46.9 Å². The summed E-state index contributed by atoms with van der Waals surface area (Å²) in [5.74, 6) is 1.67. The lowest BCUT2D eigenvalue weighted by Crippen LogP contribution is -2.14. The Morgan fingerprint density at radius 2 is 2.41 bits per heavy atom. The summed E-state index contributed by atoms with van der Waals surface area (Å²) >= 11 is 5.10. The average Bonchev–Trinajstić information content (AvgIpc) is 2.93. The zero-order valence-electron chi connectivity index (χ0n) is 9.70. The molecule has 5 heteroatoms. The summed E-state index contributed by atoms with van der Waals surface area (Å²) in [5.41, 5.74) is 1.09.